The van der Waals surface area contributed by atoms with Gasteiger partial charge >= 0.3 is 27.2 Å². The van der Waals surface area contributed by atoms with Crippen molar-refractivity contribution >= 4 is 21.3 Å². The molecule has 2 heterocycles. The summed E-state index contributed by atoms with van der Waals surface area (Å²) in [5.41, 5.74) is 4.33. The van der Waals surface area contributed by atoms with E-state index in [0.717, 1.165) is 34.3 Å². The van der Waals surface area contributed by atoms with Gasteiger partial charge in [-0.1, -0.05) is 36.4 Å². The molecule has 2 aliphatic carbocycles. The molecule has 4 aliphatic rings. The van der Waals surface area contributed by atoms with Crippen molar-refractivity contribution in [2.45, 2.75) is 30.3 Å². The van der Waals surface area contributed by atoms with E-state index in [-0.39, 0.29) is 40.7 Å². The molecule has 3 aromatic rings. The Kier molecular flexibility index (Phi) is 10.2. The number of aromatic hydroxyl groups is 2. The Morgan fingerprint density at radius 2 is 1.21 bits per heavy atom. The summed E-state index contributed by atoms with van der Waals surface area (Å²) in [6, 6.07) is 20.6. The van der Waals surface area contributed by atoms with Crippen molar-refractivity contribution in [1.82, 2.24) is 0 Å². The van der Waals surface area contributed by atoms with E-state index in [1.165, 1.54) is 5.92 Å². The molecular weight excluding hydrogens is 604 g/mol. The van der Waals surface area contributed by atoms with Gasteiger partial charge in [0, 0.05) is 6.42 Å². The van der Waals surface area contributed by atoms with Crippen LogP contribution in [0.2, 0.25) is 0 Å². The largest absolute Gasteiger partial charge is 2.00 e. The minimum absolute atomic E-state index is 0. The molecule has 3 aromatic carbocycles. The smallest absolute Gasteiger partial charge is 0.508 e. The molecule has 0 spiro atoms. The van der Waals surface area contributed by atoms with E-state index < -0.39 is 27.6 Å². The van der Waals surface area contributed by atoms with Crippen LogP contribution in [0, 0.1) is 63.7 Å². The van der Waals surface area contributed by atoms with E-state index in [4.69, 9.17) is 8.92 Å². The van der Waals surface area contributed by atoms with E-state index in [0.29, 0.717) is 0 Å². The van der Waals surface area contributed by atoms with Gasteiger partial charge in [0.2, 0.25) is 0 Å². The van der Waals surface area contributed by atoms with E-state index in [1.54, 1.807) is 60.7 Å². The van der Waals surface area contributed by atoms with Gasteiger partial charge in [-0.25, -0.2) is 0 Å². The predicted octanol–water partition coefficient (Wildman–Crippen LogP) is 5.92. The summed E-state index contributed by atoms with van der Waals surface area (Å²) >= 11 is 0. The molecule has 8 heteroatoms. The molecule has 1 saturated heterocycles. The first-order valence-electron chi connectivity index (χ1n) is 13.8. The summed E-state index contributed by atoms with van der Waals surface area (Å²) in [6.45, 7) is 0. The topological polar surface area (TPSA) is 93.1 Å². The molecule has 3 atom stereocenters. The second-order valence-corrected chi connectivity index (χ2v) is 12.2. The molecule has 43 heavy (non-hydrogen) atoms. The Morgan fingerprint density at radius 3 is 1.74 bits per heavy atom. The first-order chi connectivity index (χ1) is 20.4. The number of phenols is 2. The number of hydrogen-bond acceptors (Lipinski definition) is 6. The van der Waals surface area contributed by atoms with Crippen LogP contribution in [0.4, 0.5) is 0 Å². The molecule has 2 N–H and O–H groups in total. The van der Waals surface area contributed by atoms with Crippen molar-refractivity contribution < 1.29 is 44.6 Å². The fourth-order valence-corrected chi connectivity index (χ4v) is 7.00. The van der Waals surface area contributed by atoms with Crippen LogP contribution in [-0.2, 0) is 38.3 Å². The molecule has 10 radical (unpaired) electrons. The van der Waals surface area contributed by atoms with Gasteiger partial charge in [0.1, 0.15) is 28.6 Å². The van der Waals surface area contributed by atoms with Gasteiger partial charge < -0.3 is 19.1 Å². The van der Waals surface area contributed by atoms with Gasteiger partial charge in [0.05, 0.1) is 6.10 Å². The Balaban J connectivity index is 0.000000559. The molecular formula is C35H30FeO6S+2. The van der Waals surface area contributed by atoms with Crippen molar-refractivity contribution in [2.75, 3.05) is 0 Å². The van der Waals surface area contributed by atoms with Crippen LogP contribution in [0.25, 0.3) is 11.1 Å². The summed E-state index contributed by atoms with van der Waals surface area (Å²) in [5, 5.41) is 18.7. The number of rotatable bonds is 7. The van der Waals surface area contributed by atoms with Gasteiger partial charge in [0.15, 0.2) is 0 Å². The number of hydrogen-bond donors (Lipinski definition) is 2. The summed E-state index contributed by atoms with van der Waals surface area (Å²) in [7, 11) is -4.02. The second-order valence-electron chi connectivity index (χ2n) is 10.4. The fourth-order valence-electron chi connectivity index (χ4n) is 5.58. The van der Waals surface area contributed by atoms with Crippen molar-refractivity contribution in [2.24, 2.45) is 0 Å². The molecule has 2 bridgehead atoms. The fraction of sp³-hybridized carbons (Fsp3) is 0.143. The van der Waals surface area contributed by atoms with E-state index >= 15 is 0 Å². The zero-order valence-electron chi connectivity index (χ0n) is 23.1. The molecule has 3 fully saturated rings. The van der Waals surface area contributed by atoms with Crippen molar-refractivity contribution in [3.63, 3.8) is 0 Å². The standard InChI is InChI=1S/C30H25O6S.C5H5.Fe/c31-23-11-7-21(8-12-23)28-26-18-27(30(35-26)29(28)22-9-13-24(32)14-10-22)37(33,34)36-25-15-5-20(6-16-25)17-19-3-1-2-4-19;1-2-4-5-3-1;/h1-16,26-27,30-32H,17-18H2;1-5H;/q;;+2/t26-,27+,30+;;/m1../s1. The zero-order valence-corrected chi connectivity index (χ0v) is 25.0. The number of benzene rings is 3. The zero-order chi connectivity index (χ0) is 29.1. The van der Waals surface area contributed by atoms with Gasteiger partial charge in [-0.3, -0.25) is 0 Å². The maximum absolute atomic E-state index is 13.5. The van der Waals surface area contributed by atoms with Crippen molar-refractivity contribution in [3.05, 3.63) is 153 Å². The number of fused-ring (bicyclic) bond motifs is 2. The summed E-state index contributed by atoms with van der Waals surface area (Å²) < 4.78 is 38.7. The monoisotopic (exact) mass is 634 g/mol. The molecule has 0 amide bonds. The van der Waals surface area contributed by atoms with E-state index in [2.05, 4.69) is 12.8 Å². The predicted molar refractivity (Wildman–Crippen MR) is 162 cm³/mol. The molecule has 0 aromatic heterocycles. The third-order valence-corrected chi connectivity index (χ3v) is 9.16. The minimum Gasteiger partial charge on any atom is -0.508 e. The maximum atomic E-state index is 13.5. The van der Waals surface area contributed by atoms with Crippen LogP contribution < -0.4 is 4.18 Å². The Morgan fingerprint density at radius 1 is 0.698 bits per heavy atom. The maximum Gasteiger partial charge on any atom is 2.00 e. The van der Waals surface area contributed by atoms with Gasteiger partial charge in [-0.05, 0) is 134 Å². The number of phenolic OH excluding ortho intramolecular Hbond substituents is 2. The van der Waals surface area contributed by atoms with E-state index in [1.807, 2.05) is 57.1 Å². The molecule has 2 saturated carbocycles. The average molecular weight is 635 g/mol. The number of ether oxygens (including phenoxy) is 1. The Labute approximate surface area is 265 Å². The average Bonchev–Trinajstić information content (AvgIpc) is 3.82. The minimum atomic E-state index is -4.02. The molecule has 0 unspecified atom stereocenters. The summed E-state index contributed by atoms with van der Waals surface area (Å²) in [5.74, 6) is 1.73. The Bertz CT molecular complexity index is 1480. The summed E-state index contributed by atoms with van der Waals surface area (Å²) in [4.78, 5) is 0. The normalized spacial score (nSPS) is 23.1. The van der Waals surface area contributed by atoms with Crippen molar-refractivity contribution in [3.8, 4) is 17.2 Å². The third-order valence-electron chi connectivity index (χ3n) is 7.55. The van der Waals surface area contributed by atoms with Crippen LogP contribution in [0.1, 0.15) is 23.1 Å². The third kappa shape index (κ3) is 7.31. The van der Waals surface area contributed by atoms with Crippen LogP contribution >= 0.6 is 0 Å². The van der Waals surface area contributed by atoms with Gasteiger partial charge in [-0.2, -0.15) is 8.42 Å². The van der Waals surface area contributed by atoms with Crippen LogP contribution in [0.5, 0.6) is 17.2 Å². The second kappa shape index (κ2) is 13.9. The quantitative estimate of drug-likeness (QED) is 0.248. The molecule has 2 aliphatic heterocycles. The Hall–Kier alpha value is -2.77. The molecule has 218 valence electrons. The van der Waals surface area contributed by atoms with Gasteiger partial charge in [-0.15, -0.1) is 0 Å². The first-order valence-corrected chi connectivity index (χ1v) is 15.2. The SMILES string of the molecule is O=S(=O)(Oc1ccc(C[C]2[CH][CH][CH][CH]2)cc1)[C@H]1C[C@H]2O[C@@H]1C(c1ccc(O)cc1)=C2c1ccc(O)cc1.[CH]1[CH][CH][CH][CH]1.[Fe+2]. The molecule has 6 nitrogen and oxygen atoms in total. The molecule has 7 rings (SSSR count). The van der Waals surface area contributed by atoms with Crippen LogP contribution in [0.15, 0.2) is 72.8 Å². The first kappa shape index (κ1) is 31.6. The van der Waals surface area contributed by atoms with Gasteiger partial charge in [0.25, 0.3) is 0 Å². The summed E-state index contributed by atoms with van der Waals surface area (Å²) in [6.07, 6.45) is 18.0. The van der Waals surface area contributed by atoms with Crippen LogP contribution in [-0.4, -0.2) is 36.1 Å². The van der Waals surface area contributed by atoms with E-state index in [9.17, 15) is 18.6 Å². The van der Waals surface area contributed by atoms with Crippen LogP contribution in [0.3, 0.4) is 0 Å². The van der Waals surface area contributed by atoms with Crippen molar-refractivity contribution in [1.29, 1.82) is 0 Å².